The van der Waals surface area contributed by atoms with Crippen molar-refractivity contribution >= 4 is 45.7 Å². The lowest BCUT2D eigenvalue weighted by Gasteiger charge is -2.15. The molecule has 0 unspecified atom stereocenters. The predicted molar refractivity (Wildman–Crippen MR) is 137 cm³/mol. The second-order valence-electron chi connectivity index (χ2n) is 7.87. The number of pyridine rings is 1. The number of hydrogen-bond acceptors (Lipinski definition) is 4. The number of nitrogens with one attached hydrogen (secondary N) is 1. The zero-order chi connectivity index (χ0) is 24.2. The summed E-state index contributed by atoms with van der Waals surface area (Å²) in [5.74, 6) is 0.488. The molecule has 2 aromatic carbocycles. The average molecular weight is 495 g/mol. The SMILES string of the molecule is CCOc1c(/C(C)=C/C(=O)NCc2cccnc2)cc2c(-c3ccc(Cl)cc3Cl)coc2c1C. The van der Waals surface area contributed by atoms with E-state index in [9.17, 15) is 4.79 Å². The Morgan fingerprint density at radius 1 is 1.21 bits per heavy atom. The molecule has 0 spiro atoms. The van der Waals surface area contributed by atoms with Crippen LogP contribution in [0.4, 0.5) is 0 Å². The first-order valence-corrected chi connectivity index (χ1v) is 11.6. The molecule has 4 rings (SSSR count). The number of fused-ring (bicyclic) bond motifs is 1. The fourth-order valence-electron chi connectivity index (χ4n) is 3.87. The molecule has 0 saturated heterocycles. The van der Waals surface area contributed by atoms with Crippen molar-refractivity contribution in [1.82, 2.24) is 10.3 Å². The van der Waals surface area contributed by atoms with E-state index in [1.54, 1.807) is 36.9 Å². The Bertz CT molecular complexity index is 1380. The Labute approximate surface area is 208 Å². The van der Waals surface area contributed by atoms with E-state index in [1.807, 2.05) is 45.0 Å². The van der Waals surface area contributed by atoms with Crippen molar-refractivity contribution in [3.05, 3.63) is 87.9 Å². The van der Waals surface area contributed by atoms with Crippen LogP contribution in [0, 0.1) is 6.92 Å². The first kappa shape index (κ1) is 23.9. The normalized spacial score (nSPS) is 11.6. The minimum absolute atomic E-state index is 0.199. The molecular weight excluding hydrogens is 471 g/mol. The number of carbonyl (C=O) groups is 1. The van der Waals surface area contributed by atoms with Crippen LogP contribution in [0.2, 0.25) is 10.0 Å². The van der Waals surface area contributed by atoms with Crippen LogP contribution in [0.3, 0.4) is 0 Å². The van der Waals surface area contributed by atoms with Crippen LogP contribution in [0.5, 0.6) is 5.75 Å². The number of ether oxygens (including phenoxy) is 1. The molecule has 2 heterocycles. The molecule has 174 valence electrons. The molecule has 0 aliphatic rings. The van der Waals surface area contributed by atoms with Gasteiger partial charge >= 0.3 is 0 Å². The fraction of sp³-hybridized carbons (Fsp3) is 0.185. The van der Waals surface area contributed by atoms with Crippen LogP contribution >= 0.6 is 23.2 Å². The number of rotatable bonds is 7. The molecular formula is C27H24Cl2N2O3. The minimum Gasteiger partial charge on any atom is -0.493 e. The highest BCUT2D eigenvalue weighted by Gasteiger charge is 2.20. The Morgan fingerprint density at radius 2 is 2.03 bits per heavy atom. The van der Waals surface area contributed by atoms with Crippen molar-refractivity contribution in [3.8, 4) is 16.9 Å². The van der Waals surface area contributed by atoms with E-state index in [0.717, 1.165) is 38.8 Å². The van der Waals surface area contributed by atoms with Gasteiger partial charge in [-0.05, 0) is 56.2 Å². The highest BCUT2D eigenvalue weighted by atomic mass is 35.5. The smallest absolute Gasteiger partial charge is 0.244 e. The number of benzene rings is 2. The number of aryl methyl sites for hydroxylation is 1. The second-order valence-corrected chi connectivity index (χ2v) is 8.71. The molecule has 0 aliphatic heterocycles. The Morgan fingerprint density at radius 3 is 2.74 bits per heavy atom. The number of furan rings is 1. The molecule has 0 radical (unpaired) electrons. The van der Waals surface area contributed by atoms with Gasteiger partial charge < -0.3 is 14.5 Å². The average Bonchev–Trinajstić information content (AvgIpc) is 3.24. The quantitative estimate of drug-likeness (QED) is 0.275. The molecule has 2 aromatic heterocycles. The zero-order valence-corrected chi connectivity index (χ0v) is 20.6. The van der Waals surface area contributed by atoms with Crippen molar-refractivity contribution < 1.29 is 13.9 Å². The predicted octanol–water partition coefficient (Wildman–Crippen LogP) is 7.23. The van der Waals surface area contributed by atoms with Gasteiger partial charge in [-0.2, -0.15) is 0 Å². The highest BCUT2D eigenvalue weighted by molar-refractivity contribution is 6.36. The summed E-state index contributed by atoms with van der Waals surface area (Å²) in [5, 5.41) is 4.88. The lowest BCUT2D eigenvalue weighted by Crippen LogP contribution is -2.20. The van der Waals surface area contributed by atoms with E-state index >= 15 is 0 Å². The second kappa shape index (κ2) is 10.3. The number of halogens is 2. The van der Waals surface area contributed by atoms with Crippen LogP contribution in [0.15, 0.2) is 65.5 Å². The molecule has 0 saturated carbocycles. The van der Waals surface area contributed by atoms with Gasteiger partial charge in [-0.25, -0.2) is 0 Å². The molecule has 0 aliphatic carbocycles. The van der Waals surface area contributed by atoms with E-state index in [4.69, 9.17) is 32.4 Å². The van der Waals surface area contributed by atoms with Crippen LogP contribution in [0.1, 0.15) is 30.5 Å². The van der Waals surface area contributed by atoms with Gasteiger partial charge in [-0.15, -0.1) is 0 Å². The zero-order valence-electron chi connectivity index (χ0n) is 19.1. The first-order valence-electron chi connectivity index (χ1n) is 10.9. The molecule has 5 nitrogen and oxygen atoms in total. The third kappa shape index (κ3) is 4.96. The lowest BCUT2D eigenvalue weighted by atomic mass is 9.96. The monoisotopic (exact) mass is 494 g/mol. The van der Waals surface area contributed by atoms with Crippen molar-refractivity contribution in [2.45, 2.75) is 27.3 Å². The summed E-state index contributed by atoms with van der Waals surface area (Å²) in [6.07, 6.45) is 6.69. The number of hydrogen-bond donors (Lipinski definition) is 1. The van der Waals surface area contributed by atoms with Crippen LogP contribution < -0.4 is 10.1 Å². The highest BCUT2D eigenvalue weighted by Crippen LogP contribution is 2.42. The molecule has 1 N–H and O–H groups in total. The van der Waals surface area contributed by atoms with Gasteiger partial charge in [0.1, 0.15) is 11.3 Å². The molecule has 0 atom stereocenters. The Balaban J connectivity index is 1.74. The summed E-state index contributed by atoms with van der Waals surface area (Å²) in [5.41, 5.74) is 5.74. The van der Waals surface area contributed by atoms with E-state index in [0.29, 0.717) is 34.5 Å². The van der Waals surface area contributed by atoms with Gasteiger partial charge in [0.15, 0.2) is 0 Å². The molecule has 0 fully saturated rings. The third-order valence-corrected chi connectivity index (χ3v) is 6.06. The van der Waals surface area contributed by atoms with Gasteiger partial charge in [0.25, 0.3) is 0 Å². The Hall–Kier alpha value is -3.28. The molecule has 0 bridgehead atoms. The minimum atomic E-state index is -0.199. The standard InChI is InChI=1S/C27H24Cl2N2O3/c1-4-33-26-17(3)27-22(23(15-34-27)20-8-7-19(28)11-24(20)29)12-21(26)16(2)10-25(32)31-14-18-6-5-9-30-13-18/h5-13,15H,4,14H2,1-3H3,(H,31,32)/b16-10+. The van der Waals surface area contributed by atoms with E-state index in [2.05, 4.69) is 10.3 Å². The van der Waals surface area contributed by atoms with E-state index < -0.39 is 0 Å². The van der Waals surface area contributed by atoms with Crippen molar-refractivity contribution in [1.29, 1.82) is 0 Å². The molecule has 1 amide bonds. The van der Waals surface area contributed by atoms with Crippen molar-refractivity contribution in [3.63, 3.8) is 0 Å². The summed E-state index contributed by atoms with van der Waals surface area (Å²) in [6, 6.07) is 11.1. The molecule has 34 heavy (non-hydrogen) atoms. The van der Waals surface area contributed by atoms with Crippen LogP contribution in [-0.2, 0) is 11.3 Å². The fourth-order valence-corrected chi connectivity index (χ4v) is 4.38. The summed E-state index contributed by atoms with van der Waals surface area (Å²) < 4.78 is 11.9. The van der Waals surface area contributed by atoms with Crippen LogP contribution in [-0.4, -0.2) is 17.5 Å². The number of amides is 1. The summed E-state index contributed by atoms with van der Waals surface area (Å²) in [6.45, 7) is 6.64. The summed E-state index contributed by atoms with van der Waals surface area (Å²) in [4.78, 5) is 16.7. The summed E-state index contributed by atoms with van der Waals surface area (Å²) in [7, 11) is 0. The topological polar surface area (TPSA) is 64.4 Å². The van der Waals surface area contributed by atoms with Gasteiger partial charge in [-0.3, -0.25) is 9.78 Å². The maximum Gasteiger partial charge on any atom is 0.244 e. The maximum absolute atomic E-state index is 12.6. The first-order chi connectivity index (χ1) is 16.4. The Kier molecular flexibility index (Phi) is 7.25. The van der Waals surface area contributed by atoms with Gasteiger partial charge in [-0.1, -0.05) is 35.3 Å². The number of allylic oxidation sites excluding steroid dienone is 1. The van der Waals surface area contributed by atoms with E-state index in [-0.39, 0.29) is 5.91 Å². The van der Waals surface area contributed by atoms with Crippen molar-refractivity contribution in [2.75, 3.05) is 6.61 Å². The number of aromatic nitrogens is 1. The largest absolute Gasteiger partial charge is 0.493 e. The van der Waals surface area contributed by atoms with Gasteiger partial charge in [0.2, 0.25) is 5.91 Å². The van der Waals surface area contributed by atoms with Crippen molar-refractivity contribution in [2.24, 2.45) is 0 Å². The van der Waals surface area contributed by atoms with Gasteiger partial charge in [0.05, 0.1) is 17.9 Å². The number of carbonyl (C=O) groups excluding carboxylic acids is 1. The summed E-state index contributed by atoms with van der Waals surface area (Å²) >= 11 is 12.6. The molecule has 4 aromatic rings. The molecule has 7 heteroatoms. The lowest BCUT2D eigenvalue weighted by molar-refractivity contribution is -0.116. The maximum atomic E-state index is 12.6. The third-order valence-electron chi connectivity index (χ3n) is 5.52. The number of nitrogens with zero attached hydrogens (tertiary/aromatic N) is 1. The van der Waals surface area contributed by atoms with E-state index in [1.165, 1.54) is 0 Å². The van der Waals surface area contributed by atoms with Crippen LogP contribution in [0.25, 0.3) is 27.7 Å². The van der Waals surface area contributed by atoms with Gasteiger partial charge in [0, 0.05) is 57.7 Å².